The first kappa shape index (κ1) is 14.7. The predicted octanol–water partition coefficient (Wildman–Crippen LogP) is 3.42. The molecule has 1 aromatic carbocycles. The summed E-state index contributed by atoms with van der Waals surface area (Å²) in [4.78, 5) is 2.49. The molecule has 1 saturated heterocycles. The fourth-order valence-corrected chi connectivity index (χ4v) is 3.19. The predicted molar refractivity (Wildman–Crippen MR) is 84.2 cm³/mol. The molecule has 3 nitrogen and oxygen atoms in total. The SMILES string of the molecule is CCCC1CN(c2ccc(OC)c(Br)c2)C(C)CN1. The first-order valence-corrected chi connectivity index (χ1v) is 7.78. The molecule has 2 rings (SSSR count). The second kappa shape index (κ2) is 6.62. The van der Waals surface area contributed by atoms with Gasteiger partial charge in [0.15, 0.2) is 0 Å². The molecule has 0 spiro atoms. The number of anilines is 1. The number of nitrogens with one attached hydrogen (secondary N) is 1. The minimum atomic E-state index is 0.522. The van der Waals surface area contributed by atoms with Gasteiger partial charge in [-0.1, -0.05) is 13.3 Å². The van der Waals surface area contributed by atoms with E-state index in [0.29, 0.717) is 12.1 Å². The topological polar surface area (TPSA) is 24.5 Å². The maximum absolute atomic E-state index is 5.30. The number of rotatable bonds is 4. The minimum absolute atomic E-state index is 0.522. The summed E-state index contributed by atoms with van der Waals surface area (Å²) in [6, 6.07) is 7.46. The molecule has 106 valence electrons. The summed E-state index contributed by atoms with van der Waals surface area (Å²) in [5.41, 5.74) is 1.27. The number of hydrogen-bond donors (Lipinski definition) is 1. The second-order valence-corrected chi connectivity index (χ2v) is 6.07. The zero-order valence-electron chi connectivity index (χ0n) is 11.9. The molecular weight excluding hydrogens is 304 g/mol. The molecule has 0 aliphatic carbocycles. The van der Waals surface area contributed by atoms with Crippen LogP contribution in [0.15, 0.2) is 22.7 Å². The van der Waals surface area contributed by atoms with Gasteiger partial charge in [0.2, 0.25) is 0 Å². The van der Waals surface area contributed by atoms with E-state index >= 15 is 0 Å². The van der Waals surface area contributed by atoms with Crippen LogP contribution in [0, 0.1) is 0 Å². The third kappa shape index (κ3) is 3.42. The molecule has 2 unspecified atom stereocenters. The summed E-state index contributed by atoms with van der Waals surface area (Å²) in [6.07, 6.45) is 2.47. The Hall–Kier alpha value is -0.740. The highest BCUT2D eigenvalue weighted by molar-refractivity contribution is 9.10. The third-order valence-electron chi connectivity index (χ3n) is 3.76. The first-order valence-electron chi connectivity index (χ1n) is 6.99. The van der Waals surface area contributed by atoms with Crippen molar-refractivity contribution in [2.45, 2.75) is 38.8 Å². The smallest absolute Gasteiger partial charge is 0.133 e. The van der Waals surface area contributed by atoms with E-state index in [1.807, 2.05) is 6.07 Å². The number of piperazine rings is 1. The van der Waals surface area contributed by atoms with Gasteiger partial charge in [-0.2, -0.15) is 0 Å². The maximum atomic E-state index is 5.30. The standard InChI is InChI=1S/C15H23BrN2O/c1-4-5-12-10-18(11(2)9-17-12)13-6-7-15(19-3)14(16)8-13/h6-8,11-12,17H,4-5,9-10H2,1-3H3. The molecular formula is C15H23BrN2O. The minimum Gasteiger partial charge on any atom is -0.496 e. The van der Waals surface area contributed by atoms with Gasteiger partial charge in [-0.05, 0) is 47.5 Å². The molecule has 0 bridgehead atoms. The fourth-order valence-electron chi connectivity index (χ4n) is 2.66. The van der Waals surface area contributed by atoms with Crippen LogP contribution in [0.3, 0.4) is 0 Å². The van der Waals surface area contributed by atoms with Crippen LogP contribution < -0.4 is 15.0 Å². The zero-order valence-corrected chi connectivity index (χ0v) is 13.5. The summed E-state index contributed by atoms with van der Waals surface area (Å²) < 4.78 is 6.31. The Labute approximate surface area is 124 Å². The van der Waals surface area contributed by atoms with Gasteiger partial charge in [0.05, 0.1) is 11.6 Å². The van der Waals surface area contributed by atoms with Gasteiger partial charge in [-0.15, -0.1) is 0 Å². The van der Waals surface area contributed by atoms with Crippen molar-refractivity contribution in [1.29, 1.82) is 0 Å². The highest BCUT2D eigenvalue weighted by atomic mass is 79.9. The molecule has 1 aliphatic rings. The fraction of sp³-hybridized carbons (Fsp3) is 0.600. The van der Waals surface area contributed by atoms with E-state index in [-0.39, 0.29) is 0 Å². The number of halogens is 1. The van der Waals surface area contributed by atoms with Crippen LogP contribution in [0.5, 0.6) is 5.75 Å². The average Bonchev–Trinajstić information content (AvgIpc) is 2.41. The van der Waals surface area contributed by atoms with Crippen molar-refractivity contribution in [3.63, 3.8) is 0 Å². The Balaban J connectivity index is 2.16. The molecule has 1 heterocycles. The molecule has 1 aromatic rings. The van der Waals surface area contributed by atoms with Crippen LogP contribution in [0.1, 0.15) is 26.7 Å². The molecule has 1 N–H and O–H groups in total. The van der Waals surface area contributed by atoms with Crippen molar-refractivity contribution in [2.24, 2.45) is 0 Å². The monoisotopic (exact) mass is 326 g/mol. The molecule has 1 aliphatic heterocycles. The van der Waals surface area contributed by atoms with Gasteiger partial charge in [-0.3, -0.25) is 0 Å². The van der Waals surface area contributed by atoms with Crippen LogP contribution in [0.4, 0.5) is 5.69 Å². The van der Waals surface area contributed by atoms with Crippen molar-refractivity contribution >= 4 is 21.6 Å². The Kier molecular flexibility index (Phi) is 5.11. The van der Waals surface area contributed by atoms with E-state index in [4.69, 9.17) is 4.74 Å². The van der Waals surface area contributed by atoms with Crippen LogP contribution >= 0.6 is 15.9 Å². The highest BCUT2D eigenvalue weighted by Crippen LogP contribution is 2.31. The first-order chi connectivity index (χ1) is 9.15. The molecule has 0 aromatic heterocycles. The Morgan fingerprint density at radius 3 is 2.89 bits per heavy atom. The highest BCUT2D eigenvalue weighted by Gasteiger charge is 2.24. The molecule has 0 amide bonds. The number of benzene rings is 1. The second-order valence-electron chi connectivity index (χ2n) is 5.21. The summed E-state index contributed by atoms with van der Waals surface area (Å²) in [5, 5.41) is 3.63. The van der Waals surface area contributed by atoms with Gasteiger partial charge in [-0.25, -0.2) is 0 Å². The average molecular weight is 327 g/mol. The summed E-state index contributed by atoms with van der Waals surface area (Å²) in [7, 11) is 1.70. The van der Waals surface area contributed by atoms with E-state index in [2.05, 4.69) is 52.1 Å². The van der Waals surface area contributed by atoms with Crippen LogP contribution in [0.25, 0.3) is 0 Å². The lowest BCUT2D eigenvalue weighted by Gasteiger charge is -2.40. The quantitative estimate of drug-likeness (QED) is 0.917. The molecule has 0 saturated carbocycles. The van der Waals surface area contributed by atoms with Crippen molar-refractivity contribution in [3.05, 3.63) is 22.7 Å². The van der Waals surface area contributed by atoms with E-state index < -0.39 is 0 Å². The van der Waals surface area contributed by atoms with Gasteiger partial charge < -0.3 is 15.0 Å². The number of ether oxygens (including phenoxy) is 1. The molecule has 1 fully saturated rings. The van der Waals surface area contributed by atoms with Crippen molar-refractivity contribution in [1.82, 2.24) is 5.32 Å². The van der Waals surface area contributed by atoms with E-state index in [1.54, 1.807) is 7.11 Å². The van der Waals surface area contributed by atoms with Crippen molar-refractivity contribution in [2.75, 3.05) is 25.1 Å². The van der Waals surface area contributed by atoms with Gasteiger partial charge in [0, 0.05) is 30.9 Å². The lowest BCUT2D eigenvalue weighted by atomic mass is 10.0. The molecule has 0 radical (unpaired) electrons. The Morgan fingerprint density at radius 1 is 1.47 bits per heavy atom. The third-order valence-corrected chi connectivity index (χ3v) is 4.37. The van der Waals surface area contributed by atoms with Crippen LogP contribution in [-0.2, 0) is 0 Å². The largest absolute Gasteiger partial charge is 0.496 e. The number of methoxy groups -OCH3 is 1. The molecule has 4 heteroatoms. The summed E-state index contributed by atoms with van der Waals surface area (Å²) in [5.74, 6) is 0.886. The number of nitrogens with zero attached hydrogens (tertiary/aromatic N) is 1. The van der Waals surface area contributed by atoms with Gasteiger partial charge in [0.25, 0.3) is 0 Å². The van der Waals surface area contributed by atoms with Crippen molar-refractivity contribution in [3.8, 4) is 5.75 Å². The number of hydrogen-bond acceptors (Lipinski definition) is 3. The summed E-state index contributed by atoms with van der Waals surface area (Å²) in [6.45, 7) is 6.64. The van der Waals surface area contributed by atoms with Crippen LogP contribution in [0.2, 0.25) is 0 Å². The Morgan fingerprint density at radius 2 is 2.26 bits per heavy atom. The van der Waals surface area contributed by atoms with Crippen LogP contribution in [-0.4, -0.2) is 32.3 Å². The van der Waals surface area contributed by atoms with Gasteiger partial charge in [0.1, 0.15) is 5.75 Å². The lowest BCUT2D eigenvalue weighted by molar-refractivity contribution is 0.385. The Bertz CT molecular complexity index is 425. The lowest BCUT2D eigenvalue weighted by Crippen LogP contribution is -2.55. The van der Waals surface area contributed by atoms with E-state index in [1.165, 1.54) is 18.5 Å². The van der Waals surface area contributed by atoms with E-state index in [0.717, 1.165) is 23.3 Å². The summed E-state index contributed by atoms with van der Waals surface area (Å²) >= 11 is 3.57. The maximum Gasteiger partial charge on any atom is 0.133 e. The van der Waals surface area contributed by atoms with Crippen molar-refractivity contribution < 1.29 is 4.74 Å². The molecule has 19 heavy (non-hydrogen) atoms. The normalized spacial score (nSPS) is 23.5. The van der Waals surface area contributed by atoms with E-state index in [9.17, 15) is 0 Å². The zero-order chi connectivity index (χ0) is 13.8. The van der Waals surface area contributed by atoms with Gasteiger partial charge >= 0.3 is 0 Å². The molecule has 2 atom stereocenters.